The Hall–Kier alpha value is -1.33. The van der Waals surface area contributed by atoms with Gasteiger partial charge in [0.25, 0.3) is 0 Å². The molecule has 19 heavy (non-hydrogen) atoms. The van der Waals surface area contributed by atoms with E-state index in [1.807, 2.05) is 0 Å². The van der Waals surface area contributed by atoms with Crippen molar-refractivity contribution >= 4 is 34.5 Å². The number of hydrogen-bond acceptors (Lipinski definition) is 3. The maximum atomic E-state index is 13.4. The first-order valence-corrected chi connectivity index (χ1v) is 6.71. The molecule has 0 N–H and O–H groups in total. The Balaban J connectivity index is 2.08. The van der Waals surface area contributed by atoms with Crippen LogP contribution in [0.3, 0.4) is 0 Å². The van der Waals surface area contributed by atoms with Crippen molar-refractivity contribution in [3.8, 4) is 0 Å². The van der Waals surface area contributed by atoms with E-state index >= 15 is 0 Å². The smallest absolute Gasteiger partial charge is 0.339 e. The number of thiol groups is 1. The molecule has 0 atom stereocenters. The van der Waals surface area contributed by atoms with Gasteiger partial charge in [0, 0.05) is 14.9 Å². The minimum atomic E-state index is -0.527. The molecule has 0 unspecified atom stereocenters. The van der Waals surface area contributed by atoms with Gasteiger partial charge in [0.05, 0.1) is 5.56 Å². The lowest BCUT2D eigenvalue weighted by atomic mass is 10.2. The van der Waals surface area contributed by atoms with Gasteiger partial charge < -0.3 is 4.74 Å². The van der Waals surface area contributed by atoms with Gasteiger partial charge in [-0.2, -0.15) is 0 Å². The molecular formula is C14H10BrFO2S. The average molecular weight is 341 g/mol. The van der Waals surface area contributed by atoms with Gasteiger partial charge >= 0.3 is 5.97 Å². The highest BCUT2D eigenvalue weighted by atomic mass is 79.9. The molecule has 5 heteroatoms. The average Bonchev–Trinajstić information content (AvgIpc) is 2.37. The van der Waals surface area contributed by atoms with Crippen molar-refractivity contribution in [3.05, 3.63) is 63.9 Å². The first-order valence-electron chi connectivity index (χ1n) is 5.47. The van der Waals surface area contributed by atoms with Crippen LogP contribution in [0.1, 0.15) is 15.9 Å². The molecule has 0 amide bonds. The van der Waals surface area contributed by atoms with Gasteiger partial charge in [0.15, 0.2) is 0 Å². The molecule has 2 rings (SSSR count). The molecule has 0 aliphatic rings. The fraction of sp³-hybridized carbons (Fsp3) is 0.0714. The molecule has 2 aromatic rings. The van der Waals surface area contributed by atoms with Gasteiger partial charge in [-0.15, -0.1) is 12.6 Å². The molecule has 0 aliphatic carbocycles. The summed E-state index contributed by atoms with van der Waals surface area (Å²) in [6, 6.07) is 11.2. The molecule has 98 valence electrons. The van der Waals surface area contributed by atoms with E-state index in [2.05, 4.69) is 28.6 Å². The van der Waals surface area contributed by atoms with E-state index in [4.69, 9.17) is 4.74 Å². The van der Waals surface area contributed by atoms with Gasteiger partial charge in [-0.25, -0.2) is 9.18 Å². The highest BCUT2D eigenvalue weighted by Crippen LogP contribution is 2.21. The number of ether oxygens (including phenoxy) is 1. The fourth-order valence-electron chi connectivity index (χ4n) is 1.51. The summed E-state index contributed by atoms with van der Waals surface area (Å²) in [5.41, 5.74) is 0.691. The Morgan fingerprint density at radius 2 is 2.00 bits per heavy atom. The Morgan fingerprint density at radius 1 is 1.26 bits per heavy atom. The highest BCUT2D eigenvalue weighted by molar-refractivity contribution is 9.10. The van der Waals surface area contributed by atoms with Crippen LogP contribution in [0, 0.1) is 5.82 Å². The summed E-state index contributed by atoms with van der Waals surface area (Å²) in [5, 5.41) is 0. The summed E-state index contributed by atoms with van der Waals surface area (Å²) in [4.78, 5) is 12.4. The molecule has 0 bridgehead atoms. The predicted molar refractivity (Wildman–Crippen MR) is 76.9 cm³/mol. The second-order valence-electron chi connectivity index (χ2n) is 3.83. The summed E-state index contributed by atoms with van der Waals surface area (Å²) < 4.78 is 19.3. The number of esters is 1. The number of carbonyl (C=O) groups excluding carboxylic acids is 1. The Kier molecular flexibility index (Phi) is 4.61. The van der Waals surface area contributed by atoms with E-state index in [1.165, 1.54) is 6.07 Å². The number of rotatable bonds is 3. The van der Waals surface area contributed by atoms with Crippen molar-refractivity contribution in [1.29, 1.82) is 0 Å². The van der Waals surface area contributed by atoms with Gasteiger partial charge in [0.1, 0.15) is 12.4 Å². The lowest BCUT2D eigenvalue weighted by Crippen LogP contribution is -2.07. The van der Waals surface area contributed by atoms with Crippen LogP contribution in [0.2, 0.25) is 0 Å². The number of carbonyl (C=O) groups is 1. The molecule has 0 aromatic heterocycles. The number of halogens is 2. The summed E-state index contributed by atoms with van der Waals surface area (Å²) in [5.74, 6) is -0.919. The minimum absolute atomic E-state index is 0.102. The standard InChI is InChI=1S/C14H10BrFO2S/c15-10-5-6-11(13(19)7-10)14(17)18-8-9-3-1-2-4-12(9)16/h1-7,19H,8H2. The third-order valence-corrected chi connectivity index (χ3v) is 3.36. The summed E-state index contributed by atoms with van der Waals surface area (Å²) in [7, 11) is 0. The van der Waals surface area contributed by atoms with Crippen molar-refractivity contribution < 1.29 is 13.9 Å². The van der Waals surface area contributed by atoms with E-state index in [0.29, 0.717) is 16.0 Å². The lowest BCUT2D eigenvalue weighted by Gasteiger charge is -2.07. The zero-order chi connectivity index (χ0) is 13.8. The van der Waals surface area contributed by atoms with Crippen LogP contribution in [0.15, 0.2) is 51.8 Å². The molecule has 2 aromatic carbocycles. The second-order valence-corrected chi connectivity index (χ2v) is 5.23. The zero-order valence-electron chi connectivity index (χ0n) is 9.77. The van der Waals surface area contributed by atoms with Crippen LogP contribution >= 0.6 is 28.6 Å². The quantitative estimate of drug-likeness (QED) is 0.668. The summed E-state index contributed by atoms with van der Waals surface area (Å²) >= 11 is 7.48. The molecular weight excluding hydrogens is 331 g/mol. The van der Waals surface area contributed by atoms with Crippen LogP contribution in [0.5, 0.6) is 0 Å². The summed E-state index contributed by atoms with van der Waals surface area (Å²) in [6.45, 7) is -0.102. The largest absolute Gasteiger partial charge is 0.457 e. The van der Waals surface area contributed by atoms with Gasteiger partial charge in [0.2, 0.25) is 0 Å². The molecule has 0 saturated carbocycles. The van der Waals surface area contributed by atoms with Gasteiger partial charge in [-0.3, -0.25) is 0 Å². The van der Waals surface area contributed by atoms with Crippen LogP contribution in [0.4, 0.5) is 4.39 Å². The molecule has 0 heterocycles. The van der Waals surface area contributed by atoms with Crippen LogP contribution in [0.25, 0.3) is 0 Å². The van der Waals surface area contributed by atoms with Crippen molar-refractivity contribution in [1.82, 2.24) is 0 Å². The van der Waals surface area contributed by atoms with Crippen molar-refractivity contribution in [2.24, 2.45) is 0 Å². The molecule has 0 aliphatic heterocycles. The van der Waals surface area contributed by atoms with E-state index in [0.717, 1.165) is 4.47 Å². The van der Waals surface area contributed by atoms with Gasteiger partial charge in [-0.1, -0.05) is 34.1 Å². The van der Waals surface area contributed by atoms with Crippen LogP contribution in [-0.2, 0) is 11.3 Å². The SMILES string of the molecule is O=C(OCc1ccccc1F)c1ccc(Br)cc1S. The fourth-order valence-corrected chi connectivity index (χ4v) is 2.36. The summed E-state index contributed by atoms with van der Waals surface area (Å²) in [6.07, 6.45) is 0. The monoisotopic (exact) mass is 340 g/mol. The maximum Gasteiger partial charge on any atom is 0.339 e. The van der Waals surface area contributed by atoms with Crippen LogP contribution in [-0.4, -0.2) is 5.97 Å². The van der Waals surface area contributed by atoms with Crippen molar-refractivity contribution in [3.63, 3.8) is 0 Å². The second kappa shape index (κ2) is 6.21. The predicted octanol–water partition coefficient (Wildman–Crippen LogP) is 4.23. The molecule has 0 radical (unpaired) electrons. The van der Waals surface area contributed by atoms with Gasteiger partial charge in [-0.05, 0) is 24.3 Å². The van der Waals surface area contributed by atoms with E-state index in [9.17, 15) is 9.18 Å². The Labute approximate surface area is 124 Å². The number of benzene rings is 2. The highest BCUT2D eigenvalue weighted by Gasteiger charge is 2.12. The lowest BCUT2D eigenvalue weighted by molar-refractivity contribution is 0.0465. The maximum absolute atomic E-state index is 13.4. The topological polar surface area (TPSA) is 26.3 Å². The number of hydrogen-bond donors (Lipinski definition) is 1. The van der Waals surface area contributed by atoms with Crippen molar-refractivity contribution in [2.45, 2.75) is 11.5 Å². The third kappa shape index (κ3) is 3.58. The zero-order valence-corrected chi connectivity index (χ0v) is 12.2. The normalized spacial score (nSPS) is 10.3. The third-order valence-electron chi connectivity index (χ3n) is 2.50. The van der Waals surface area contributed by atoms with Crippen molar-refractivity contribution in [2.75, 3.05) is 0 Å². The van der Waals surface area contributed by atoms with E-state index in [-0.39, 0.29) is 6.61 Å². The molecule has 2 nitrogen and oxygen atoms in total. The molecule has 0 saturated heterocycles. The van der Waals surface area contributed by atoms with E-state index < -0.39 is 11.8 Å². The minimum Gasteiger partial charge on any atom is -0.457 e. The molecule has 0 spiro atoms. The molecule has 0 fully saturated rings. The first-order chi connectivity index (χ1) is 9.08. The van der Waals surface area contributed by atoms with E-state index in [1.54, 1.807) is 36.4 Å². The first kappa shape index (κ1) is 14.1. The van der Waals surface area contributed by atoms with Crippen LogP contribution < -0.4 is 0 Å². The Bertz CT molecular complexity index is 616. The Morgan fingerprint density at radius 3 is 2.68 bits per heavy atom.